The summed E-state index contributed by atoms with van der Waals surface area (Å²) in [5.41, 5.74) is 4.26. The van der Waals surface area contributed by atoms with Crippen molar-refractivity contribution in [3.8, 4) is 5.75 Å². The van der Waals surface area contributed by atoms with Crippen LogP contribution in [0.1, 0.15) is 29.5 Å². The minimum atomic E-state index is 0.0222. The summed E-state index contributed by atoms with van der Waals surface area (Å²) in [6, 6.07) is 12.0. The number of rotatable bonds is 6. The first-order chi connectivity index (χ1) is 11.0. The first-order valence-electron chi connectivity index (χ1n) is 7.72. The van der Waals surface area contributed by atoms with Crippen LogP contribution in [0.5, 0.6) is 5.75 Å². The monoisotopic (exact) mass is 375 g/mol. The summed E-state index contributed by atoms with van der Waals surface area (Å²) in [5.74, 6) is 0.833. The van der Waals surface area contributed by atoms with Gasteiger partial charge in [0.05, 0.1) is 11.1 Å². The maximum atomic E-state index is 12.1. The molecule has 2 aromatic rings. The number of ether oxygens (including phenoxy) is 1. The maximum Gasteiger partial charge on any atom is 0.224 e. The van der Waals surface area contributed by atoms with Gasteiger partial charge in [-0.1, -0.05) is 24.3 Å². The van der Waals surface area contributed by atoms with E-state index in [4.69, 9.17) is 4.74 Å². The second-order valence-corrected chi connectivity index (χ2v) is 6.56. The number of anilines is 1. The standard InChI is InChI=1S/C19H22BrNO2/c1-13-9-10-17(16(20)12-13)23-11-5-8-18(22)21-19-14(2)6-4-7-15(19)3/h4,6-7,9-10,12H,5,8,11H2,1-3H3,(H,21,22). The molecule has 1 N–H and O–H groups in total. The molecular formula is C19H22BrNO2. The lowest BCUT2D eigenvalue weighted by Gasteiger charge is -2.12. The van der Waals surface area contributed by atoms with Crippen molar-refractivity contribution in [2.24, 2.45) is 0 Å². The Morgan fingerprint density at radius 1 is 1.13 bits per heavy atom. The second kappa shape index (κ2) is 8.16. The molecule has 2 rings (SSSR count). The van der Waals surface area contributed by atoms with Crippen LogP contribution in [0.4, 0.5) is 5.69 Å². The van der Waals surface area contributed by atoms with Gasteiger partial charge in [-0.05, 0) is 71.9 Å². The Bertz CT molecular complexity index is 678. The van der Waals surface area contributed by atoms with Crippen LogP contribution in [0.3, 0.4) is 0 Å². The molecule has 0 aliphatic carbocycles. The summed E-state index contributed by atoms with van der Waals surface area (Å²) in [5, 5.41) is 2.99. The van der Waals surface area contributed by atoms with E-state index in [0.29, 0.717) is 19.4 Å². The quantitative estimate of drug-likeness (QED) is 0.707. The van der Waals surface area contributed by atoms with E-state index in [2.05, 4.69) is 21.2 Å². The van der Waals surface area contributed by atoms with Gasteiger partial charge in [-0.15, -0.1) is 0 Å². The van der Waals surface area contributed by atoms with E-state index in [9.17, 15) is 4.79 Å². The van der Waals surface area contributed by atoms with Crippen molar-refractivity contribution in [3.63, 3.8) is 0 Å². The van der Waals surface area contributed by atoms with Gasteiger partial charge in [-0.25, -0.2) is 0 Å². The lowest BCUT2D eigenvalue weighted by Crippen LogP contribution is -2.14. The van der Waals surface area contributed by atoms with Crippen molar-refractivity contribution < 1.29 is 9.53 Å². The molecular weight excluding hydrogens is 354 g/mol. The fourth-order valence-electron chi connectivity index (χ4n) is 2.35. The number of halogens is 1. The largest absolute Gasteiger partial charge is 0.492 e. The molecule has 2 aromatic carbocycles. The minimum Gasteiger partial charge on any atom is -0.492 e. The zero-order valence-electron chi connectivity index (χ0n) is 13.8. The minimum absolute atomic E-state index is 0.0222. The number of benzene rings is 2. The van der Waals surface area contributed by atoms with E-state index in [0.717, 1.165) is 27.0 Å². The number of hydrogen-bond donors (Lipinski definition) is 1. The topological polar surface area (TPSA) is 38.3 Å². The fourth-order valence-corrected chi connectivity index (χ4v) is 2.96. The van der Waals surface area contributed by atoms with Crippen LogP contribution in [0.25, 0.3) is 0 Å². The van der Waals surface area contributed by atoms with Gasteiger partial charge in [0.15, 0.2) is 0 Å². The van der Waals surface area contributed by atoms with Crippen molar-refractivity contribution in [1.82, 2.24) is 0 Å². The van der Waals surface area contributed by atoms with Gasteiger partial charge in [-0.2, -0.15) is 0 Å². The van der Waals surface area contributed by atoms with Crippen LogP contribution < -0.4 is 10.1 Å². The fraction of sp³-hybridized carbons (Fsp3) is 0.316. The molecule has 0 bridgehead atoms. The predicted octanol–water partition coefficient (Wildman–Crippen LogP) is 5.17. The Kier molecular flexibility index (Phi) is 6.22. The van der Waals surface area contributed by atoms with Crippen molar-refractivity contribution in [1.29, 1.82) is 0 Å². The zero-order chi connectivity index (χ0) is 16.8. The average Bonchev–Trinajstić information content (AvgIpc) is 2.49. The van der Waals surface area contributed by atoms with E-state index in [1.807, 2.05) is 57.2 Å². The van der Waals surface area contributed by atoms with E-state index in [-0.39, 0.29) is 5.91 Å². The summed E-state index contributed by atoms with van der Waals surface area (Å²) < 4.78 is 6.66. The number of hydrogen-bond acceptors (Lipinski definition) is 2. The number of carbonyl (C=O) groups excluding carboxylic acids is 1. The molecule has 0 atom stereocenters. The Hall–Kier alpha value is -1.81. The normalized spacial score (nSPS) is 10.4. The van der Waals surface area contributed by atoms with Crippen LogP contribution in [0.2, 0.25) is 0 Å². The Balaban J connectivity index is 1.79. The molecule has 1 amide bonds. The zero-order valence-corrected chi connectivity index (χ0v) is 15.4. The van der Waals surface area contributed by atoms with E-state index in [1.165, 1.54) is 5.56 Å². The third kappa shape index (κ3) is 5.10. The Morgan fingerprint density at radius 3 is 2.48 bits per heavy atom. The van der Waals surface area contributed by atoms with Gasteiger partial charge < -0.3 is 10.1 Å². The van der Waals surface area contributed by atoms with Gasteiger partial charge in [-0.3, -0.25) is 4.79 Å². The summed E-state index contributed by atoms with van der Waals surface area (Å²) in [6.45, 7) is 6.55. The molecule has 0 saturated carbocycles. The average molecular weight is 376 g/mol. The second-order valence-electron chi connectivity index (χ2n) is 5.70. The highest BCUT2D eigenvalue weighted by Gasteiger charge is 2.07. The highest BCUT2D eigenvalue weighted by atomic mass is 79.9. The maximum absolute atomic E-state index is 12.1. The first-order valence-corrected chi connectivity index (χ1v) is 8.51. The van der Waals surface area contributed by atoms with E-state index < -0.39 is 0 Å². The summed E-state index contributed by atoms with van der Waals surface area (Å²) >= 11 is 3.48. The molecule has 122 valence electrons. The number of nitrogens with one attached hydrogen (secondary N) is 1. The van der Waals surface area contributed by atoms with Crippen molar-refractivity contribution in [3.05, 3.63) is 57.6 Å². The molecule has 0 fully saturated rings. The smallest absolute Gasteiger partial charge is 0.224 e. The van der Waals surface area contributed by atoms with E-state index >= 15 is 0 Å². The van der Waals surface area contributed by atoms with Crippen molar-refractivity contribution in [2.75, 3.05) is 11.9 Å². The highest BCUT2D eigenvalue weighted by Crippen LogP contribution is 2.26. The number of para-hydroxylation sites is 1. The Labute approximate surface area is 146 Å². The van der Waals surface area contributed by atoms with Crippen molar-refractivity contribution in [2.45, 2.75) is 33.6 Å². The molecule has 4 heteroatoms. The summed E-state index contributed by atoms with van der Waals surface area (Å²) in [7, 11) is 0. The van der Waals surface area contributed by atoms with Gasteiger partial charge in [0.1, 0.15) is 5.75 Å². The third-order valence-electron chi connectivity index (χ3n) is 3.64. The molecule has 0 aliphatic heterocycles. The molecule has 0 unspecified atom stereocenters. The van der Waals surface area contributed by atoms with Gasteiger partial charge in [0.25, 0.3) is 0 Å². The lowest BCUT2D eigenvalue weighted by atomic mass is 10.1. The SMILES string of the molecule is Cc1ccc(OCCCC(=O)Nc2c(C)cccc2C)c(Br)c1. The van der Waals surface area contributed by atoms with Crippen LogP contribution in [-0.2, 0) is 4.79 Å². The van der Waals surface area contributed by atoms with E-state index in [1.54, 1.807) is 0 Å². The molecule has 0 spiro atoms. The van der Waals surface area contributed by atoms with Crippen LogP contribution in [-0.4, -0.2) is 12.5 Å². The predicted molar refractivity (Wildman–Crippen MR) is 98.2 cm³/mol. The van der Waals surface area contributed by atoms with Crippen molar-refractivity contribution >= 4 is 27.5 Å². The summed E-state index contributed by atoms with van der Waals surface area (Å²) in [4.78, 5) is 12.1. The third-order valence-corrected chi connectivity index (χ3v) is 4.26. The van der Waals surface area contributed by atoms with Gasteiger partial charge in [0, 0.05) is 12.1 Å². The van der Waals surface area contributed by atoms with Crippen LogP contribution in [0, 0.1) is 20.8 Å². The highest BCUT2D eigenvalue weighted by molar-refractivity contribution is 9.10. The van der Waals surface area contributed by atoms with Crippen LogP contribution in [0.15, 0.2) is 40.9 Å². The first kappa shape index (κ1) is 17.5. The van der Waals surface area contributed by atoms with Gasteiger partial charge >= 0.3 is 0 Å². The molecule has 0 radical (unpaired) electrons. The number of amides is 1. The molecule has 3 nitrogen and oxygen atoms in total. The number of aryl methyl sites for hydroxylation is 3. The Morgan fingerprint density at radius 2 is 1.83 bits per heavy atom. The molecule has 0 saturated heterocycles. The molecule has 0 heterocycles. The lowest BCUT2D eigenvalue weighted by molar-refractivity contribution is -0.116. The molecule has 0 aromatic heterocycles. The summed E-state index contributed by atoms with van der Waals surface area (Å²) in [6.07, 6.45) is 1.12. The van der Waals surface area contributed by atoms with Gasteiger partial charge in [0.2, 0.25) is 5.91 Å². The molecule has 0 aliphatic rings. The molecule has 23 heavy (non-hydrogen) atoms. The van der Waals surface area contributed by atoms with Crippen LogP contribution >= 0.6 is 15.9 Å². The number of carbonyl (C=O) groups is 1.